The van der Waals surface area contributed by atoms with E-state index in [0.29, 0.717) is 11.3 Å². The van der Waals surface area contributed by atoms with Crippen LogP contribution < -0.4 is 10.6 Å². The Kier molecular flexibility index (Phi) is 3.90. The molecule has 2 N–H and O–H groups in total. The molecule has 1 aromatic heterocycles. The van der Waals surface area contributed by atoms with Crippen LogP contribution >= 0.6 is 0 Å². The Morgan fingerprint density at radius 1 is 1.47 bits per heavy atom. The fourth-order valence-electron chi connectivity index (χ4n) is 2.28. The van der Waals surface area contributed by atoms with Crippen molar-refractivity contribution in [3.05, 3.63) is 17.8 Å². The van der Waals surface area contributed by atoms with Gasteiger partial charge in [0.1, 0.15) is 5.82 Å². The smallest absolute Gasteiger partial charge is 0.340 e. The maximum absolute atomic E-state index is 11.6. The summed E-state index contributed by atoms with van der Waals surface area (Å²) in [5.41, 5.74) is 6.41. The molecular formula is C13H19N3O3. The van der Waals surface area contributed by atoms with E-state index in [1.807, 2.05) is 13.8 Å². The van der Waals surface area contributed by atoms with E-state index in [0.717, 1.165) is 18.9 Å². The summed E-state index contributed by atoms with van der Waals surface area (Å²) in [6.45, 7) is 5.51. The molecule has 2 heterocycles. The monoisotopic (exact) mass is 265 g/mol. The van der Waals surface area contributed by atoms with Gasteiger partial charge in [-0.15, -0.1) is 0 Å². The number of carbonyl (C=O) groups is 1. The lowest BCUT2D eigenvalue weighted by molar-refractivity contribution is -0.00545. The fourth-order valence-corrected chi connectivity index (χ4v) is 2.28. The minimum Gasteiger partial charge on any atom is -0.465 e. The van der Waals surface area contributed by atoms with E-state index >= 15 is 0 Å². The summed E-state index contributed by atoms with van der Waals surface area (Å²) in [5.74, 6) is 0.270. The first-order valence-corrected chi connectivity index (χ1v) is 6.25. The number of nitrogens with two attached hydrogens (primary N) is 1. The van der Waals surface area contributed by atoms with Gasteiger partial charge in [-0.05, 0) is 19.9 Å². The standard InChI is InChI=1S/C13H19N3O3/c1-8-6-16(7-9(2)19-8)12-4-10(13(17)18-3)11(14)5-15-12/h4-5,8-9H,6-7,14H2,1-3H3/t8-,9+. The van der Waals surface area contributed by atoms with E-state index in [1.165, 1.54) is 13.3 Å². The molecule has 0 aliphatic carbocycles. The molecule has 0 spiro atoms. The maximum Gasteiger partial charge on any atom is 0.340 e. The molecule has 0 bridgehead atoms. The lowest BCUT2D eigenvalue weighted by atomic mass is 10.2. The van der Waals surface area contributed by atoms with Gasteiger partial charge in [-0.2, -0.15) is 0 Å². The third kappa shape index (κ3) is 2.96. The van der Waals surface area contributed by atoms with Crippen LogP contribution in [0, 0.1) is 0 Å². The third-order valence-corrected chi connectivity index (χ3v) is 3.07. The zero-order valence-corrected chi connectivity index (χ0v) is 11.4. The van der Waals surface area contributed by atoms with E-state index in [-0.39, 0.29) is 12.2 Å². The number of rotatable bonds is 2. The molecule has 0 radical (unpaired) electrons. The van der Waals surface area contributed by atoms with Crippen LogP contribution in [0.2, 0.25) is 0 Å². The van der Waals surface area contributed by atoms with Gasteiger partial charge in [-0.25, -0.2) is 9.78 Å². The lowest BCUT2D eigenvalue weighted by Crippen LogP contribution is -2.45. The molecule has 104 valence electrons. The van der Waals surface area contributed by atoms with Crippen molar-refractivity contribution in [1.29, 1.82) is 0 Å². The van der Waals surface area contributed by atoms with Gasteiger partial charge >= 0.3 is 5.97 Å². The lowest BCUT2D eigenvalue weighted by Gasteiger charge is -2.36. The van der Waals surface area contributed by atoms with Crippen LogP contribution in [0.1, 0.15) is 24.2 Å². The summed E-state index contributed by atoms with van der Waals surface area (Å²) in [5, 5.41) is 0. The van der Waals surface area contributed by atoms with Crippen LogP contribution in [-0.4, -0.2) is 43.4 Å². The van der Waals surface area contributed by atoms with E-state index in [9.17, 15) is 4.79 Å². The number of morpholine rings is 1. The molecule has 1 aliphatic rings. The Labute approximate surface area is 112 Å². The Bertz CT molecular complexity index is 468. The van der Waals surface area contributed by atoms with Crippen molar-refractivity contribution in [2.75, 3.05) is 30.8 Å². The fraction of sp³-hybridized carbons (Fsp3) is 0.538. The number of hydrogen-bond acceptors (Lipinski definition) is 6. The van der Waals surface area contributed by atoms with Gasteiger partial charge in [0.2, 0.25) is 0 Å². The van der Waals surface area contributed by atoms with Crippen LogP contribution in [0.25, 0.3) is 0 Å². The largest absolute Gasteiger partial charge is 0.465 e. The number of esters is 1. The van der Waals surface area contributed by atoms with E-state index < -0.39 is 5.97 Å². The average Bonchev–Trinajstić information content (AvgIpc) is 2.37. The Morgan fingerprint density at radius 3 is 2.68 bits per heavy atom. The molecule has 1 aliphatic heterocycles. The molecule has 6 heteroatoms. The highest BCUT2D eigenvalue weighted by atomic mass is 16.5. The van der Waals surface area contributed by atoms with E-state index in [4.69, 9.17) is 15.2 Å². The summed E-state index contributed by atoms with van der Waals surface area (Å²) in [6, 6.07) is 1.67. The predicted molar refractivity (Wildman–Crippen MR) is 72.2 cm³/mol. The van der Waals surface area contributed by atoms with Gasteiger partial charge in [0.25, 0.3) is 0 Å². The molecule has 1 aromatic rings. The summed E-state index contributed by atoms with van der Waals surface area (Å²) in [4.78, 5) is 18.0. The molecule has 2 rings (SSSR count). The van der Waals surface area contributed by atoms with Crippen molar-refractivity contribution in [2.45, 2.75) is 26.1 Å². The number of methoxy groups -OCH3 is 1. The second-order valence-corrected chi connectivity index (χ2v) is 4.78. The number of ether oxygens (including phenoxy) is 2. The van der Waals surface area contributed by atoms with Gasteiger partial charge < -0.3 is 20.1 Å². The molecule has 0 aromatic carbocycles. The number of anilines is 2. The van der Waals surface area contributed by atoms with Crippen LogP contribution in [0.4, 0.5) is 11.5 Å². The topological polar surface area (TPSA) is 77.7 Å². The number of carbonyl (C=O) groups excluding carboxylic acids is 1. The van der Waals surface area contributed by atoms with Crippen LogP contribution in [0.3, 0.4) is 0 Å². The second-order valence-electron chi connectivity index (χ2n) is 4.78. The van der Waals surface area contributed by atoms with Crippen molar-refractivity contribution in [2.24, 2.45) is 0 Å². The minimum atomic E-state index is -0.449. The highest BCUT2D eigenvalue weighted by Gasteiger charge is 2.24. The van der Waals surface area contributed by atoms with Gasteiger partial charge in [-0.3, -0.25) is 0 Å². The van der Waals surface area contributed by atoms with Gasteiger partial charge in [0.15, 0.2) is 0 Å². The molecule has 2 atom stereocenters. The van der Waals surface area contributed by atoms with E-state index in [2.05, 4.69) is 9.88 Å². The first kappa shape index (κ1) is 13.6. The van der Waals surface area contributed by atoms with E-state index in [1.54, 1.807) is 6.07 Å². The number of hydrogen-bond donors (Lipinski definition) is 1. The summed E-state index contributed by atoms with van der Waals surface area (Å²) in [6.07, 6.45) is 1.75. The predicted octanol–water partition coefficient (Wildman–Crippen LogP) is 1.06. The molecule has 1 saturated heterocycles. The Morgan fingerprint density at radius 2 is 2.11 bits per heavy atom. The number of aromatic nitrogens is 1. The zero-order chi connectivity index (χ0) is 14.0. The van der Waals surface area contributed by atoms with Gasteiger partial charge in [0, 0.05) is 13.1 Å². The Balaban J connectivity index is 2.27. The molecule has 1 fully saturated rings. The van der Waals surface area contributed by atoms with Crippen molar-refractivity contribution in [3.63, 3.8) is 0 Å². The summed E-state index contributed by atoms with van der Waals surface area (Å²) in [7, 11) is 1.33. The first-order valence-electron chi connectivity index (χ1n) is 6.25. The Hall–Kier alpha value is -1.82. The number of pyridine rings is 1. The van der Waals surface area contributed by atoms with Crippen molar-refractivity contribution < 1.29 is 14.3 Å². The summed E-state index contributed by atoms with van der Waals surface area (Å²) >= 11 is 0. The normalized spacial score (nSPS) is 23.2. The van der Waals surface area contributed by atoms with Crippen LogP contribution in [0.15, 0.2) is 12.3 Å². The molecule has 19 heavy (non-hydrogen) atoms. The molecule has 0 unspecified atom stereocenters. The molecular weight excluding hydrogens is 246 g/mol. The van der Waals surface area contributed by atoms with Crippen LogP contribution in [0.5, 0.6) is 0 Å². The number of nitrogens with zero attached hydrogens (tertiary/aromatic N) is 2. The van der Waals surface area contributed by atoms with Gasteiger partial charge in [-0.1, -0.05) is 0 Å². The highest BCUT2D eigenvalue weighted by molar-refractivity contribution is 5.95. The highest BCUT2D eigenvalue weighted by Crippen LogP contribution is 2.22. The molecule has 0 amide bonds. The van der Waals surface area contributed by atoms with Crippen molar-refractivity contribution >= 4 is 17.5 Å². The van der Waals surface area contributed by atoms with Crippen molar-refractivity contribution in [1.82, 2.24) is 4.98 Å². The van der Waals surface area contributed by atoms with Crippen molar-refractivity contribution in [3.8, 4) is 0 Å². The molecule has 6 nitrogen and oxygen atoms in total. The second kappa shape index (κ2) is 5.44. The first-order chi connectivity index (χ1) is 9.01. The molecule has 0 saturated carbocycles. The summed E-state index contributed by atoms with van der Waals surface area (Å²) < 4.78 is 10.4. The SMILES string of the molecule is COC(=O)c1cc(N2C[C@@H](C)O[C@@H](C)C2)ncc1N. The minimum absolute atomic E-state index is 0.129. The quantitative estimate of drug-likeness (QED) is 0.806. The average molecular weight is 265 g/mol. The van der Waals surface area contributed by atoms with Gasteiger partial charge in [0.05, 0.1) is 36.8 Å². The number of nitrogen functional groups attached to an aromatic ring is 1. The zero-order valence-electron chi connectivity index (χ0n) is 11.4. The van der Waals surface area contributed by atoms with Crippen LogP contribution in [-0.2, 0) is 9.47 Å². The maximum atomic E-state index is 11.6. The third-order valence-electron chi connectivity index (χ3n) is 3.07.